The normalized spacial score (nSPS) is 14.3. The number of hydrogen-bond donors (Lipinski definition) is 0. The number of anilines is 1. The fourth-order valence-electron chi connectivity index (χ4n) is 3.08. The summed E-state index contributed by atoms with van der Waals surface area (Å²) in [5.41, 5.74) is 2.63. The molecule has 6 heteroatoms. The van der Waals surface area contributed by atoms with Crippen LogP contribution in [0.15, 0.2) is 42.9 Å². The van der Waals surface area contributed by atoms with E-state index in [1.165, 1.54) is 12.8 Å². The number of halogens is 1. The van der Waals surface area contributed by atoms with Crippen LogP contribution in [0, 0.1) is 0 Å². The topological polar surface area (TPSA) is 46.8 Å². The fraction of sp³-hybridized carbons (Fsp3) is 0.278. The van der Waals surface area contributed by atoms with Crippen molar-refractivity contribution in [2.45, 2.75) is 12.8 Å². The molecule has 0 spiro atoms. The summed E-state index contributed by atoms with van der Waals surface area (Å²) in [6, 6.07) is 7.76. The standard InChI is InChI=1S/C18H18ClN5/c1-23-11-8-20-17(23)16-14(13-6-2-3-7-15(13)19)12-21-18(22-16)24-9-4-5-10-24/h2-3,6-8,11-12H,4-5,9-10H2,1H3. The van der Waals surface area contributed by atoms with E-state index < -0.39 is 0 Å². The van der Waals surface area contributed by atoms with Gasteiger partial charge >= 0.3 is 0 Å². The summed E-state index contributed by atoms with van der Waals surface area (Å²) in [5.74, 6) is 1.58. The van der Waals surface area contributed by atoms with Crippen LogP contribution in [0.4, 0.5) is 5.95 Å². The van der Waals surface area contributed by atoms with Gasteiger partial charge in [0, 0.05) is 54.9 Å². The monoisotopic (exact) mass is 339 g/mol. The molecule has 5 nitrogen and oxygen atoms in total. The van der Waals surface area contributed by atoms with Gasteiger partial charge in [0.05, 0.1) is 0 Å². The van der Waals surface area contributed by atoms with Crippen LogP contribution in [0.5, 0.6) is 0 Å². The zero-order valence-corrected chi connectivity index (χ0v) is 14.2. The molecule has 3 heterocycles. The van der Waals surface area contributed by atoms with Gasteiger partial charge in [0.1, 0.15) is 5.69 Å². The molecule has 2 aromatic heterocycles. The second kappa shape index (κ2) is 6.24. The molecule has 0 radical (unpaired) electrons. The first-order valence-corrected chi connectivity index (χ1v) is 8.46. The Labute approximate surface area is 146 Å². The van der Waals surface area contributed by atoms with E-state index in [0.717, 1.165) is 41.7 Å². The molecule has 1 aromatic carbocycles. The molecule has 0 N–H and O–H groups in total. The molecule has 1 aliphatic rings. The average Bonchev–Trinajstić information content (AvgIpc) is 3.26. The van der Waals surface area contributed by atoms with Gasteiger partial charge in [-0.1, -0.05) is 29.8 Å². The highest BCUT2D eigenvalue weighted by atomic mass is 35.5. The van der Waals surface area contributed by atoms with Crippen LogP contribution in [0.2, 0.25) is 5.02 Å². The van der Waals surface area contributed by atoms with Crippen molar-refractivity contribution < 1.29 is 0 Å². The Bertz CT molecular complexity index is 867. The lowest BCUT2D eigenvalue weighted by Gasteiger charge is -2.17. The van der Waals surface area contributed by atoms with E-state index in [0.29, 0.717) is 5.02 Å². The zero-order chi connectivity index (χ0) is 16.5. The first-order valence-electron chi connectivity index (χ1n) is 8.08. The van der Waals surface area contributed by atoms with Crippen molar-refractivity contribution in [3.63, 3.8) is 0 Å². The molecule has 1 aliphatic heterocycles. The molecule has 1 saturated heterocycles. The number of aryl methyl sites for hydroxylation is 1. The first-order chi connectivity index (χ1) is 11.7. The molecule has 122 valence electrons. The molecule has 24 heavy (non-hydrogen) atoms. The number of aromatic nitrogens is 4. The van der Waals surface area contributed by atoms with Gasteiger partial charge in [-0.15, -0.1) is 0 Å². The van der Waals surface area contributed by atoms with Crippen molar-refractivity contribution in [1.29, 1.82) is 0 Å². The summed E-state index contributed by atoms with van der Waals surface area (Å²) in [4.78, 5) is 16.2. The Morgan fingerprint density at radius 1 is 1.04 bits per heavy atom. The van der Waals surface area contributed by atoms with Crippen LogP contribution in [-0.2, 0) is 7.05 Å². The third-order valence-electron chi connectivity index (χ3n) is 4.36. The summed E-state index contributed by atoms with van der Waals surface area (Å²) in [7, 11) is 1.97. The molecule has 0 aliphatic carbocycles. The van der Waals surface area contributed by atoms with Crippen molar-refractivity contribution in [3.8, 4) is 22.6 Å². The van der Waals surface area contributed by atoms with E-state index in [2.05, 4.69) is 14.9 Å². The van der Waals surface area contributed by atoms with Crippen molar-refractivity contribution >= 4 is 17.5 Å². The number of nitrogens with zero attached hydrogens (tertiary/aromatic N) is 5. The van der Waals surface area contributed by atoms with Crippen LogP contribution in [0.3, 0.4) is 0 Å². The molecule has 0 unspecified atom stereocenters. The number of rotatable bonds is 3. The largest absolute Gasteiger partial charge is 0.341 e. The molecule has 1 fully saturated rings. The maximum absolute atomic E-state index is 6.41. The highest BCUT2D eigenvalue weighted by Crippen LogP contribution is 2.34. The van der Waals surface area contributed by atoms with Gasteiger partial charge in [-0.3, -0.25) is 0 Å². The minimum absolute atomic E-state index is 0.686. The third kappa shape index (κ3) is 2.65. The average molecular weight is 340 g/mol. The zero-order valence-electron chi connectivity index (χ0n) is 13.5. The Hall–Kier alpha value is -2.40. The molecule has 0 bridgehead atoms. The smallest absolute Gasteiger partial charge is 0.226 e. The summed E-state index contributed by atoms with van der Waals surface area (Å²) in [6.45, 7) is 2.01. The van der Waals surface area contributed by atoms with E-state index in [9.17, 15) is 0 Å². The van der Waals surface area contributed by atoms with E-state index in [1.807, 2.05) is 48.3 Å². The molecular formula is C18H18ClN5. The lowest BCUT2D eigenvalue weighted by molar-refractivity contribution is 0.884. The van der Waals surface area contributed by atoms with Crippen molar-refractivity contribution in [1.82, 2.24) is 19.5 Å². The number of hydrogen-bond acceptors (Lipinski definition) is 4. The highest BCUT2D eigenvalue weighted by molar-refractivity contribution is 6.33. The first kappa shape index (κ1) is 15.1. The molecule has 0 amide bonds. The highest BCUT2D eigenvalue weighted by Gasteiger charge is 2.20. The SMILES string of the molecule is Cn1ccnc1-c1nc(N2CCCC2)ncc1-c1ccccc1Cl. The molecular weight excluding hydrogens is 322 g/mol. The van der Waals surface area contributed by atoms with Crippen LogP contribution in [-0.4, -0.2) is 32.6 Å². The summed E-state index contributed by atoms with van der Waals surface area (Å²) >= 11 is 6.41. The van der Waals surface area contributed by atoms with Gasteiger partial charge < -0.3 is 9.47 Å². The quantitative estimate of drug-likeness (QED) is 0.728. The maximum Gasteiger partial charge on any atom is 0.226 e. The van der Waals surface area contributed by atoms with E-state index in [-0.39, 0.29) is 0 Å². The molecule has 0 saturated carbocycles. The van der Waals surface area contributed by atoms with Gasteiger partial charge in [0.2, 0.25) is 5.95 Å². The minimum Gasteiger partial charge on any atom is -0.341 e. The number of imidazole rings is 1. The van der Waals surface area contributed by atoms with Gasteiger partial charge in [0.25, 0.3) is 0 Å². The second-order valence-electron chi connectivity index (χ2n) is 5.97. The lowest BCUT2D eigenvalue weighted by Crippen LogP contribution is -2.20. The predicted octanol–water partition coefficient (Wildman–Crippen LogP) is 3.80. The van der Waals surface area contributed by atoms with Crippen molar-refractivity contribution in [2.75, 3.05) is 18.0 Å². The molecule has 3 aromatic rings. The Morgan fingerprint density at radius 2 is 1.83 bits per heavy atom. The summed E-state index contributed by atoms with van der Waals surface area (Å²) < 4.78 is 1.97. The summed E-state index contributed by atoms with van der Waals surface area (Å²) in [6.07, 6.45) is 7.94. The van der Waals surface area contributed by atoms with E-state index >= 15 is 0 Å². The number of benzene rings is 1. The van der Waals surface area contributed by atoms with Crippen LogP contribution < -0.4 is 4.90 Å². The third-order valence-corrected chi connectivity index (χ3v) is 4.69. The van der Waals surface area contributed by atoms with Crippen LogP contribution in [0.25, 0.3) is 22.6 Å². The van der Waals surface area contributed by atoms with Gasteiger partial charge in [-0.25, -0.2) is 15.0 Å². The Kier molecular flexibility index (Phi) is 3.94. The lowest BCUT2D eigenvalue weighted by atomic mass is 10.1. The molecule has 4 rings (SSSR count). The fourth-order valence-corrected chi connectivity index (χ4v) is 3.32. The van der Waals surface area contributed by atoms with Crippen molar-refractivity contribution in [3.05, 3.63) is 47.9 Å². The van der Waals surface area contributed by atoms with Gasteiger partial charge in [-0.05, 0) is 18.9 Å². The van der Waals surface area contributed by atoms with E-state index in [1.54, 1.807) is 6.20 Å². The van der Waals surface area contributed by atoms with Crippen molar-refractivity contribution in [2.24, 2.45) is 7.05 Å². The van der Waals surface area contributed by atoms with Gasteiger partial charge in [0.15, 0.2) is 5.82 Å². The summed E-state index contributed by atoms with van der Waals surface area (Å²) in [5, 5.41) is 0.686. The van der Waals surface area contributed by atoms with Crippen LogP contribution in [0.1, 0.15) is 12.8 Å². The molecule has 0 atom stereocenters. The predicted molar refractivity (Wildman–Crippen MR) is 96.1 cm³/mol. The Morgan fingerprint density at radius 3 is 2.54 bits per heavy atom. The second-order valence-corrected chi connectivity index (χ2v) is 6.38. The van der Waals surface area contributed by atoms with Crippen LogP contribution >= 0.6 is 11.6 Å². The maximum atomic E-state index is 6.41. The Balaban J connectivity index is 1.90. The van der Waals surface area contributed by atoms with Gasteiger partial charge in [-0.2, -0.15) is 0 Å². The van der Waals surface area contributed by atoms with E-state index in [4.69, 9.17) is 16.6 Å². The minimum atomic E-state index is 0.686.